The Morgan fingerprint density at radius 2 is 1.93 bits per heavy atom. The van der Waals surface area contributed by atoms with Gasteiger partial charge in [-0.05, 0) is 50.8 Å². The van der Waals surface area contributed by atoms with Crippen molar-refractivity contribution >= 4 is 5.91 Å². The molecule has 1 amide bonds. The van der Waals surface area contributed by atoms with Crippen molar-refractivity contribution in [1.82, 2.24) is 10.2 Å². The fourth-order valence-corrected chi connectivity index (χ4v) is 4.06. The fraction of sp³-hybridized carbons (Fsp3) is 0.667. The van der Waals surface area contributed by atoms with Gasteiger partial charge < -0.3 is 24.8 Å². The second kappa shape index (κ2) is 9.42. The summed E-state index contributed by atoms with van der Waals surface area (Å²) in [4.78, 5) is 14.8. The molecule has 1 aliphatic carbocycles. The number of ether oxygens (including phenoxy) is 2. The van der Waals surface area contributed by atoms with Gasteiger partial charge in [-0.3, -0.25) is 4.79 Å². The Kier molecular flexibility index (Phi) is 6.96. The molecule has 3 rings (SSSR count). The number of nitrogens with zero attached hydrogens (tertiary/aromatic N) is 1. The maximum absolute atomic E-state index is 12.2. The van der Waals surface area contributed by atoms with Crippen LogP contribution >= 0.6 is 0 Å². The van der Waals surface area contributed by atoms with E-state index in [-0.39, 0.29) is 18.6 Å². The van der Waals surface area contributed by atoms with Gasteiger partial charge in [0.15, 0.2) is 11.5 Å². The molecule has 1 aromatic carbocycles. The Balaban J connectivity index is 1.56. The van der Waals surface area contributed by atoms with Crippen molar-refractivity contribution in [2.24, 2.45) is 0 Å². The Morgan fingerprint density at radius 3 is 2.56 bits per heavy atom. The molecule has 0 aromatic heterocycles. The highest BCUT2D eigenvalue weighted by molar-refractivity contribution is 5.94. The van der Waals surface area contributed by atoms with Crippen LogP contribution in [0, 0.1) is 0 Å². The number of amides is 1. The third-order valence-corrected chi connectivity index (χ3v) is 5.60. The van der Waals surface area contributed by atoms with Crippen LogP contribution < -0.4 is 14.8 Å². The van der Waals surface area contributed by atoms with Crippen LogP contribution in [0.5, 0.6) is 11.5 Å². The van der Waals surface area contributed by atoms with Crippen molar-refractivity contribution in [3.05, 3.63) is 23.8 Å². The minimum Gasteiger partial charge on any atom is -0.493 e. The van der Waals surface area contributed by atoms with Gasteiger partial charge in [0, 0.05) is 31.2 Å². The summed E-state index contributed by atoms with van der Waals surface area (Å²) >= 11 is 0. The Bertz CT molecular complexity index is 621. The van der Waals surface area contributed by atoms with Crippen LogP contribution in [-0.4, -0.2) is 60.9 Å². The quantitative estimate of drug-likeness (QED) is 0.765. The van der Waals surface area contributed by atoms with Crippen molar-refractivity contribution < 1.29 is 19.4 Å². The molecule has 150 valence electrons. The molecule has 0 spiro atoms. The maximum Gasteiger partial charge on any atom is 0.251 e. The summed E-state index contributed by atoms with van der Waals surface area (Å²) in [6.07, 6.45) is 7.09. The minimum absolute atomic E-state index is 0.187. The number of likely N-dealkylation sites (tertiary alicyclic amines) is 1. The summed E-state index contributed by atoms with van der Waals surface area (Å²) in [5.41, 5.74) is 0.496. The summed E-state index contributed by atoms with van der Waals surface area (Å²) in [5, 5.41) is 12.0. The summed E-state index contributed by atoms with van der Waals surface area (Å²) in [5.74, 6) is 1.02. The number of rotatable bonds is 7. The standard InChI is InChI=1S/C21H32N2O4/c1-15(24)14-22-21(25)16-7-8-19(20(13-16)26-2)27-18-9-11-23(12-10-18)17-5-3-4-6-17/h7-8,13,15,17-18,24H,3-6,9-12,14H2,1-2H3,(H,22,25)/t15-/m1/s1. The highest BCUT2D eigenvalue weighted by Crippen LogP contribution is 2.32. The van der Waals surface area contributed by atoms with Gasteiger partial charge in [-0.25, -0.2) is 0 Å². The highest BCUT2D eigenvalue weighted by atomic mass is 16.5. The van der Waals surface area contributed by atoms with Gasteiger partial charge in [0.05, 0.1) is 13.2 Å². The summed E-state index contributed by atoms with van der Waals surface area (Å²) in [7, 11) is 1.59. The number of piperidine rings is 1. The molecule has 1 saturated heterocycles. The van der Waals surface area contributed by atoms with Crippen LogP contribution in [0.1, 0.15) is 55.8 Å². The molecule has 0 unspecified atom stereocenters. The van der Waals surface area contributed by atoms with Crippen LogP contribution in [0.4, 0.5) is 0 Å². The third kappa shape index (κ3) is 5.36. The van der Waals surface area contributed by atoms with E-state index >= 15 is 0 Å². The second-order valence-electron chi connectivity index (χ2n) is 7.72. The molecule has 1 saturated carbocycles. The molecule has 0 bridgehead atoms. The van der Waals surface area contributed by atoms with E-state index in [4.69, 9.17) is 9.47 Å². The lowest BCUT2D eigenvalue weighted by molar-refractivity contribution is 0.0750. The zero-order chi connectivity index (χ0) is 19.2. The monoisotopic (exact) mass is 376 g/mol. The number of hydrogen-bond donors (Lipinski definition) is 2. The van der Waals surface area contributed by atoms with E-state index in [9.17, 15) is 9.90 Å². The number of carbonyl (C=O) groups excluding carboxylic acids is 1. The molecule has 6 nitrogen and oxygen atoms in total. The molecule has 1 atom stereocenters. The molecular weight excluding hydrogens is 344 g/mol. The van der Waals surface area contributed by atoms with Gasteiger partial charge in [0.1, 0.15) is 6.10 Å². The number of carbonyl (C=O) groups is 1. The lowest BCUT2D eigenvalue weighted by atomic mass is 10.0. The summed E-state index contributed by atoms with van der Waals surface area (Å²) in [6.45, 7) is 4.05. The lowest BCUT2D eigenvalue weighted by Gasteiger charge is -2.36. The molecule has 2 aliphatic rings. The third-order valence-electron chi connectivity index (χ3n) is 5.60. The Morgan fingerprint density at radius 1 is 1.22 bits per heavy atom. The van der Waals surface area contributed by atoms with E-state index in [2.05, 4.69) is 10.2 Å². The van der Waals surface area contributed by atoms with Crippen molar-refractivity contribution in [1.29, 1.82) is 0 Å². The number of hydrogen-bond acceptors (Lipinski definition) is 5. The first-order valence-corrected chi connectivity index (χ1v) is 10.1. The lowest BCUT2D eigenvalue weighted by Crippen LogP contribution is -2.43. The number of methoxy groups -OCH3 is 1. The number of aliphatic hydroxyl groups excluding tert-OH is 1. The van der Waals surface area contributed by atoms with Crippen molar-refractivity contribution in [3.63, 3.8) is 0 Å². The Hall–Kier alpha value is -1.79. The van der Waals surface area contributed by atoms with E-state index in [0.29, 0.717) is 17.1 Å². The zero-order valence-electron chi connectivity index (χ0n) is 16.4. The number of benzene rings is 1. The molecule has 2 fully saturated rings. The van der Waals surface area contributed by atoms with Crippen molar-refractivity contribution in [3.8, 4) is 11.5 Å². The molecular formula is C21H32N2O4. The van der Waals surface area contributed by atoms with Gasteiger partial charge in [-0.1, -0.05) is 12.8 Å². The average molecular weight is 376 g/mol. The second-order valence-corrected chi connectivity index (χ2v) is 7.72. The molecule has 2 N–H and O–H groups in total. The van der Waals surface area contributed by atoms with Gasteiger partial charge >= 0.3 is 0 Å². The van der Waals surface area contributed by atoms with E-state index in [1.165, 1.54) is 25.7 Å². The summed E-state index contributed by atoms with van der Waals surface area (Å²) in [6, 6.07) is 6.02. The first kappa shape index (κ1) is 20.0. The SMILES string of the molecule is COc1cc(C(=O)NC[C@@H](C)O)ccc1OC1CCN(C2CCCC2)CC1. The molecule has 1 aliphatic heterocycles. The van der Waals surface area contributed by atoms with E-state index in [0.717, 1.165) is 32.0 Å². The molecule has 27 heavy (non-hydrogen) atoms. The minimum atomic E-state index is -0.575. The van der Waals surface area contributed by atoms with E-state index < -0.39 is 6.10 Å². The van der Waals surface area contributed by atoms with Crippen LogP contribution in [0.2, 0.25) is 0 Å². The smallest absolute Gasteiger partial charge is 0.251 e. The predicted molar refractivity (Wildman–Crippen MR) is 104 cm³/mol. The van der Waals surface area contributed by atoms with Crippen LogP contribution in [-0.2, 0) is 0 Å². The normalized spacial score (nSPS) is 20.4. The van der Waals surface area contributed by atoms with Gasteiger partial charge in [0.2, 0.25) is 0 Å². The Labute approximate surface area is 161 Å². The fourth-order valence-electron chi connectivity index (χ4n) is 4.06. The topological polar surface area (TPSA) is 71.0 Å². The van der Waals surface area contributed by atoms with Crippen molar-refractivity contribution in [2.75, 3.05) is 26.7 Å². The number of nitrogens with one attached hydrogen (secondary N) is 1. The van der Waals surface area contributed by atoms with Crippen LogP contribution in [0.15, 0.2) is 18.2 Å². The van der Waals surface area contributed by atoms with E-state index in [1.54, 1.807) is 32.2 Å². The van der Waals surface area contributed by atoms with Gasteiger partial charge in [-0.15, -0.1) is 0 Å². The molecule has 0 radical (unpaired) electrons. The first-order chi connectivity index (χ1) is 13.1. The number of aliphatic hydroxyl groups is 1. The van der Waals surface area contributed by atoms with E-state index in [1.807, 2.05) is 0 Å². The van der Waals surface area contributed by atoms with Crippen molar-refractivity contribution in [2.45, 2.75) is 63.7 Å². The molecule has 6 heteroatoms. The van der Waals surface area contributed by atoms with Gasteiger partial charge in [-0.2, -0.15) is 0 Å². The first-order valence-electron chi connectivity index (χ1n) is 10.1. The van der Waals surface area contributed by atoms with Gasteiger partial charge in [0.25, 0.3) is 5.91 Å². The van der Waals surface area contributed by atoms with Crippen LogP contribution in [0.3, 0.4) is 0 Å². The predicted octanol–water partition coefficient (Wildman–Crippen LogP) is 2.59. The van der Waals surface area contributed by atoms with Crippen LogP contribution in [0.25, 0.3) is 0 Å². The largest absolute Gasteiger partial charge is 0.493 e. The summed E-state index contributed by atoms with van der Waals surface area (Å²) < 4.78 is 11.6. The zero-order valence-corrected chi connectivity index (χ0v) is 16.4. The average Bonchev–Trinajstić information content (AvgIpc) is 3.21. The maximum atomic E-state index is 12.2. The molecule has 1 aromatic rings. The highest BCUT2D eigenvalue weighted by Gasteiger charge is 2.28. The molecule has 1 heterocycles.